The van der Waals surface area contributed by atoms with Crippen LogP contribution in [0.25, 0.3) is 0 Å². The largest absolute Gasteiger partial charge is 0.310 e. The van der Waals surface area contributed by atoms with Gasteiger partial charge < -0.3 is 5.32 Å². The Morgan fingerprint density at radius 2 is 2.10 bits per heavy atom. The fourth-order valence-corrected chi connectivity index (χ4v) is 2.91. The zero-order valence-electron chi connectivity index (χ0n) is 13.6. The van der Waals surface area contributed by atoms with Gasteiger partial charge in [0.2, 0.25) is 0 Å². The molecular formula is C16H31N3S. The highest BCUT2D eigenvalue weighted by atomic mass is 32.1. The molecule has 1 rings (SSSR count). The third kappa shape index (κ3) is 6.33. The molecule has 1 heterocycles. The van der Waals surface area contributed by atoms with Crippen LogP contribution in [0.4, 0.5) is 0 Å². The molecule has 0 saturated heterocycles. The van der Waals surface area contributed by atoms with Crippen molar-refractivity contribution >= 4 is 11.3 Å². The van der Waals surface area contributed by atoms with Crippen molar-refractivity contribution in [3.63, 3.8) is 0 Å². The minimum absolute atomic E-state index is 0.643. The van der Waals surface area contributed by atoms with Gasteiger partial charge in [0, 0.05) is 24.5 Å². The molecule has 0 amide bonds. The van der Waals surface area contributed by atoms with E-state index in [0.717, 1.165) is 19.6 Å². The minimum Gasteiger partial charge on any atom is -0.310 e. The number of rotatable bonds is 11. The molecule has 1 aromatic heterocycles. The van der Waals surface area contributed by atoms with E-state index >= 15 is 0 Å². The number of unbranched alkanes of at least 4 members (excludes halogenated alkanes) is 1. The maximum absolute atomic E-state index is 4.76. The molecule has 0 spiro atoms. The summed E-state index contributed by atoms with van der Waals surface area (Å²) in [6.07, 6.45) is 4.92. The van der Waals surface area contributed by atoms with Gasteiger partial charge >= 0.3 is 0 Å². The van der Waals surface area contributed by atoms with Gasteiger partial charge in [0.15, 0.2) is 0 Å². The molecule has 0 saturated carbocycles. The third-order valence-corrected chi connectivity index (χ3v) is 4.58. The van der Waals surface area contributed by atoms with E-state index in [1.807, 2.05) is 0 Å². The quantitative estimate of drug-likeness (QED) is 0.625. The molecule has 0 radical (unpaired) electrons. The molecule has 1 N–H and O–H groups in total. The Bertz CT molecular complexity index is 351. The van der Waals surface area contributed by atoms with E-state index in [1.165, 1.54) is 42.9 Å². The summed E-state index contributed by atoms with van der Waals surface area (Å²) in [5.74, 6) is 0. The Morgan fingerprint density at radius 1 is 1.30 bits per heavy atom. The Hall–Kier alpha value is -0.450. The second-order valence-corrected chi connectivity index (χ2v) is 6.43. The molecule has 0 bridgehead atoms. The summed E-state index contributed by atoms with van der Waals surface area (Å²) in [5, 5.41) is 6.86. The summed E-state index contributed by atoms with van der Waals surface area (Å²) < 4.78 is 0. The molecule has 1 unspecified atom stereocenters. The van der Waals surface area contributed by atoms with Crippen LogP contribution in [-0.4, -0.2) is 29.0 Å². The molecular weight excluding hydrogens is 266 g/mol. The number of aromatic nitrogens is 1. The number of thiazole rings is 1. The lowest BCUT2D eigenvalue weighted by molar-refractivity contribution is 0.190. The van der Waals surface area contributed by atoms with Gasteiger partial charge in [0.25, 0.3) is 0 Å². The SMILES string of the molecule is CCCCN(Cc1csc(CNCCC)n1)C(C)CC. The van der Waals surface area contributed by atoms with E-state index in [9.17, 15) is 0 Å². The van der Waals surface area contributed by atoms with Gasteiger partial charge in [-0.25, -0.2) is 4.98 Å². The minimum atomic E-state index is 0.643. The smallest absolute Gasteiger partial charge is 0.107 e. The highest BCUT2D eigenvalue weighted by molar-refractivity contribution is 7.09. The molecule has 1 aromatic rings. The van der Waals surface area contributed by atoms with Crippen LogP contribution in [0.5, 0.6) is 0 Å². The third-order valence-electron chi connectivity index (χ3n) is 3.68. The highest BCUT2D eigenvalue weighted by Gasteiger charge is 2.13. The number of nitrogens with one attached hydrogen (secondary N) is 1. The summed E-state index contributed by atoms with van der Waals surface area (Å²) >= 11 is 1.78. The molecule has 0 aliphatic heterocycles. The summed E-state index contributed by atoms with van der Waals surface area (Å²) in [6, 6.07) is 0.643. The van der Waals surface area contributed by atoms with Crippen LogP contribution >= 0.6 is 11.3 Å². The van der Waals surface area contributed by atoms with Crippen molar-refractivity contribution in [2.75, 3.05) is 13.1 Å². The zero-order chi connectivity index (χ0) is 14.8. The first-order valence-corrected chi connectivity index (χ1v) is 8.97. The molecule has 4 heteroatoms. The van der Waals surface area contributed by atoms with Crippen LogP contribution in [0.3, 0.4) is 0 Å². The van der Waals surface area contributed by atoms with Gasteiger partial charge in [-0.1, -0.05) is 27.2 Å². The molecule has 0 aliphatic carbocycles. The molecule has 1 atom stereocenters. The standard InChI is InChI=1S/C16H31N3S/c1-5-8-10-19(14(4)7-3)12-15-13-20-16(18-15)11-17-9-6-2/h13-14,17H,5-12H2,1-4H3. The van der Waals surface area contributed by atoms with Crippen molar-refractivity contribution in [3.8, 4) is 0 Å². The topological polar surface area (TPSA) is 28.2 Å². The van der Waals surface area contributed by atoms with Gasteiger partial charge in [-0.2, -0.15) is 0 Å². The lowest BCUT2D eigenvalue weighted by Gasteiger charge is -2.27. The first-order valence-electron chi connectivity index (χ1n) is 8.09. The van der Waals surface area contributed by atoms with Gasteiger partial charge in [-0.15, -0.1) is 11.3 Å². The predicted octanol–water partition coefficient (Wildman–Crippen LogP) is 4.04. The molecule has 0 fully saturated rings. The number of nitrogens with zero attached hydrogens (tertiary/aromatic N) is 2. The fourth-order valence-electron chi connectivity index (χ4n) is 2.16. The Balaban J connectivity index is 2.50. The van der Waals surface area contributed by atoms with E-state index in [2.05, 4.69) is 43.3 Å². The summed E-state index contributed by atoms with van der Waals surface area (Å²) in [4.78, 5) is 7.33. The van der Waals surface area contributed by atoms with Crippen molar-refractivity contribution in [2.24, 2.45) is 0 Å². The van der Waals surface area contributed by atoms with E-state index in [4.69, 9.17) is 4.98 Å². The van der Waals surface area contributed by atoms with Gasteiger partial charge in [0.05, 0.1) is 5.69 Å². The average Bonchev–Trinajstić information content (AvgIpc) is 2.90. The molecule has 0 aromatic carbocycles. The lowest BCUT2D eigenvalue weighted by Crippen LogP contribution is -2.33. The molecule has 20 heavy (non-hydrogen) atoms. The highest BCUT2D eigenvalue weighted by Crippen LogP contribution is 2.15. The second-order valence-electron chi connectivity index (χ2n) is 5.49. The molecule has 0 aliphatic rings. The van der Waals surface area contributed by atoms with E-state index in [-0.39, 0.29) is 0 Å². The van der Waals surface area contributed by atoms with Crippen LogP contribution in [0.2, 0.25) is 0 Å². The van der Waals surface area contributed by atoms with Crippen LogP contribution in [0, 0.1) is 0 Å². The summed E-state index contributed by atoms with van der Waals surface area (Å²) in [6.45, 7) is 13.2. The van der Waals surface area contributed by atoms with Crippen molar-refractivity contribution in [2.45, 2.75) is 72.5 Å². The first kappa shape index (κ1) is 17.6. The van der Waals surface area contributed by atoms with E-state index < -0.39 is 0 Å². The summed E-state index contributed by atoms with van der Waals surface area (Å²) in [5.41, 5.74) is 1.24. The Kier molecular flexibility index (Phi) is 9.07. The Morgan fingerprint density at radius 3 is 2.75 bits per heavy atom. The lowest BCUT2D eigenvalue weighted by atomic mass is 10.2. The van der Waals surface area contributed by atoms with Gasteiger partial charge in [-0.3, -0.25) is 4.90 Å². The first-order chi connectivity index (χ1) is 9.71. The van der Waals surface area contributed by atoms with E-state index in [0.29, 0.717) is 6.04 Å². The van der Waals surface area contributed by atoms with Gasteiger partial charge in [0.1, 0.15) is 5.01 Å². The van der Waals surface area contributed by atoms with Crippen LogP contribution in [0.1, 0.15) is 64.1 Å². The van der Waals surface area contributed by atoms with Crippen molar-refractivity contribution < 1.29 is 0 Å². The zero-order valence-corrected chi connectivity index (χ0v) is 14.4. The van der Waals surface area contributed by atoms with Crippen LogP contribution in [0.15, 0.2) is 5.38 Å². The van der Waals surface area contributed by atoms with E-state index in [1.54, 1.807) is 11.3 Å². The Labute approximate surface area is 128 Å². The van der Waals surface area contributed by atoms with Crippen LogP contribution in [-0.2, 0) is 13.1 Å². The van der Waals surface area contributed by atoms with Crippen LogP contribution < -0.4 is 5.32 Å². The number of hydrogen-bond acceptors (Lipinski definition) is 4. The average molecular weight is 298 g/mol. The fraction of sp³-hybridized carbons (Fsp3) is 0.812. The monoisotopic (exact) mass is 297 g/mol. The number of hydrogen-bond donors (Lipinski definition) is 1. The molecule has 116 valence electrons. The van der Waals surface area contributed by atoms with Crippen molar-refractivity contribution in [1.29, 1.82) is 0 Å². The maximum atomic E-state index is 4.76. The van der Waals surface area contributed by atoms with Crippen molar-refractivity contribution in [3.05, 3.63) is 16.1 Å². The van der Waals surface area contributed by atoms with Gasteiger partial charge in [-0.05, 0) is 39.3 Å². The maximum Gasteiger partial charge on any atom is 0.107 e. The second kappa shape index (κ2) is 10.3. The van der Waals surface area contributed by atoms with Crippen molar-refractivity contribution in [1.82, 2.24) is 15.2 Å². The normalized spacial score (nSPS) is 13.1. The molecule has 3 nitrogen and oxygen atoms in total. The predicted molar refractivity (Wildman–Crippen MR) is 89.2 cm³/mol. The summed E-state index contributed by atoms with van der Waals surface area (Å²) in [7, 11) is 0.